The van der Waals surface area contributed by atoms with Crippen molar-refractivity contribution < 1.29 is 9.72 Å². The first-order valence-corrected chi connectivity index (χ1v) is 7.14. The lowest BCUT2D eigenvalue weighted by Crippen LogP contribution is -2.39. The van der Waals surface area contributed by atoms with E-state index in [1.54, 1.807) is 4.90 Å². The molecule has 3 N–H and O–H groups in total. The molecule has 0 radical (unpaired) electrons. The second-order valence-corrected chi connectivity index (χ2v) is 5.71. The Bertz CT molecular complexity index is 590. The molecular formula is C14H18N4O3. The highest BCUT2D eigenvalue weighted by atomic mass is 16.6. The van der Waals surface area contributed by atoms with Gasteiger partial charge in [-0.25, -0.2) is 0 Å². The van der Waals surface area contributed by atoms with Crippen molar-refractivity contribution in [3.63, 3.8) is 0 Å². The van der Waals surface area contributed by atoms with E-state index >= 15 is 0 Å². The van der Waals surface area contributed by atoms with Gasteiger partial charge in [0.1, 0.15) is 0 Å². The normalized spacial score (nSPS) is 24.7. The van der Waals surface area contributed by atoms with Crippen molar-refractivity contribution >= 4 is 17.3 Å². The van der Waals surface area contributed by atoms with Crippen LogP contribution >= 0.6 is 0 Å². The van der Waals surface area contributed by atoms with Gasteiger partial charge in [0.25, 0.3) is 11.6 Å². The van der Waals surface area contributed by atoms with E-state index < -0.39 is 4.92 Å². The molecule has 2 aliphatic rings. The van der Waals surface area contributed by atoms with Crippen LogP contribution in [-0.4, -0.2) is 40.9 Å². The number of nitrogen functional groups attached to an aromatic ring is 1. The van der Waals surface area contributed by atoms with Gasteiger partial charge >= 0.3 is 0 Å². The fourth-order valence-electron chi connectivity index (χ4n) is 3.14. The van der Waals surface area contributed by atoms with E-state index in [-0.39, 0.29) is 22.8 Å². The van der Waals surface area contributed by atoms with Crippen LogP contribution < -0.4 is 11.1 Å². The molecule has 1 aromatic rings. The van der Waals surface area contributed by atoms with Crippen LogP contribution in [0.15, 0.2) is 18.2 Å². The summed E-state index contributed by atoms with van der Waals surface area (Å²) in [6.07, 6.45) is 3.14. The summed E-state index contributed by atoms with van der Waals surface area (Å²) in [4.78, 5) is 24.7. The van der Waals surface area contributed by atoms with Gasteiger partial charge in [-0.2, -0.15) is 0 Å². The predicted molar refractivity (Wildman–Crippen MR) is 78.0 cm³/mol. The quantitative estimate of drug-likeness (QED) is 0.483. The Morgan fingerprint density at radius 2 is 2.10 bits per heavy atom. The monoisotopic (exact) mass is 290 g/mol. The summed E-state index contributed by atoms with van der Waals surface area (Å²) >= 11 is 0. The Kier molecular flexibility index (Phi) is 3.50. The molecule has 2 heterocycles. The van der Waals surface area contributed by atoms with Gasteiger partial charge in [0.15, 0.2) is 0 Å². The SMILES string of the molecule is Nc1ccc([N+](=O)[O-])cc1C(=O)N1CCC2CCC(C1)N2. The maximum Gasteiger partial charge on any atom is 0.270 e. The van der Waals surface area contributed by atoms with Gasteiger partial charge in [0.2, 0.25) is 0 Å². The molecule has 7 heteroatoms. The smallest absolute Gasteiger partial charge is 0.270 e. The third-order valence-corrected chi connectivity index (χ3v) is 4.29. The largest absolute Gasteiger partial charge is 0.398 e. The first-order valence-electron chi connectivity index (χ1n) is 7.14. The molecule has 21 heavy (non-hydrogen) atoms. The third-order valence-electron chi connectivity index (χ3n) is 4.29. The molecule has 2 bridgehead atoms. The molecule has 2 aliphatic heterocycles. The number of fused-ring (bicyclic) bond motifs is 2. The van der Waals surface area contributed by atoms with Gasteiger partial charge in [-0.3, -0.25) is 14.9 Å². The van der Waals surface area contributed by atoms with Crippen molar-refractivity contribution in [3.05, 3.63) is 33.9 Å². The minimum atomic E-state index is -0.512. The zero-order valence-corrected chi connectivity index (χ0v) is 11.6. The zero-order valence-electron chi connectivity index (χ0n) is 11.6. The van der Waals surface area contributed by atoms with Gasteiger partial charge in [-0.1, -0.05) is 0 Å². The number of benzene rings is 1. The molecule has 0 aliphatic carbocycles. The van der Waals surface area contributed by atoms with E-state index in [2.05, 4.69) is 5.32 Å². The van der Waals surface area contributed by atoms with Crippen LogP contribution in [0.3, 0.4) is 0 Å². The number of nitro groups is 1. The number of hydrogen-bond donors (Lipinski definition) is 2. The highest BCUT2D eigenvalue weighted by Crippen LogP contribution is 2.25. The first kappa shape index (κ1) is 13.8. The number of nitrogens with two attached hydrogens (primary N) is 1. The first-order chi connectivity index (χ1) is 10.0. The van der Waals surface area contributed by atoms with E-state index in [1.807, 2.05) is 0 Å². The van der Waals surface area contributed by atoms with Crippen molar-refractivity contribution in [1.29, 1.82) is 0 Å². The zero-order chi connectivity index (χ0) is 15.0. The summed E-state index contributed by atoms with van der Waals surface area (Å²) in [5.74, 6) is -0.217. The molecular weight excluding hydrogens is 272 g/mol. The van der Waals surface area contributed by atoms with E-state index in [0.29, 0.717) is 25.2 Å². The lowest BCUT2D eigenvalue weighted by Gasteiger charge is -2.24. The molecule has 0 saturated carbocycles. The van der Waals surface area contributed by atoms with Crippen LogP contribution in [0.2, 0.25) is 0 Å². The number of carbonyl (C=O) groups excluding carboxylic acids is 1. The molecule has 2 unspecified atom stereocenters. The lowest BCUT2D eigenvalue weighted by atomic mass is 10.1. The summed E-state index contributed by atoms with van der Waals surface area (Å²) in [7, 11) is 0. The minimum absolute atomic E-state index is 0.109. The number of carbonyl (C=O) groups is 1. The Balaban J connectivity index is 1.84. The Morgan fingerprint density at radius 3 is 2.86 bits per heavy atom. The topological polar surface area (TPSA) is 101 Å². The summed E-state index contributed by atoms with van der Waals surface area (Å²) in [6, 6.07) is 4.82. The number of nitrogens with zero attached hydrogens (tertiary/aromatic N) is 2. The third kappa shape index (κ3) is 2.69. The maximum atomic E-state index is 12.6. The van der Waals surface area contributed by atoms with Crippen LogP contribution in [0.1, 0.15) is 29.6 Å². The van der Waals surface area contributed by atoms with E-state index in [9.17, 15) is 14.9 Å². The molecule has 0 spiro atoms. The molecule has 7 nitrogen and oxygen atoms in total. The van der Waals surface area contributed by atoms with Gasteiger partial charge in [-0.05, 0) is 25.3 Å². The highest BCUT2D eigenvalue weighted by Gasteiger charge is 2.32. The maximum absolute atomic E-state index is 12.6. The lowest BCUT2D eigenvalue weighted by molar-refractivity contribution is -0.384. The van der Waals surface area contributed by atoms with Gasteiger partial charge in [0, 0.05) is 43.0 Å². The van der Waals surface area contributed by atoms with Crippen molar-refractivity contribution in [2.45, 2.75) is 31.3 Å². The minimum Gasteiger partial charge on any atom is -0.398 e. The summed E-state index contributed by atoms with van der Waals surface area (Å²) in [6.45, 7) is 1.30. The van der Waals surface area contributed by atoms with Crippen molar-refractivity contribution in [1.82, 2.24) is 10.2 Å². The van der Waals surface area contributed by atoms with Gasteiger partial charge < -0.3 is 16.0 Å². The van der Waals surface area contributed by atoms with Crippen LogP contribution in [0.5, 0.6) is 0 Å². The number of nitro benzene ring substituents is 1. The fraction of sp³-hybridized carbons (Fsp3) is 0.500. The number of nitrogens with one attached hydrogen (secondary N) is 1. The summed E-state index contributed by atoms with van der Waals surface area (Å²) < 4.78 is 0. The molecule has 2 fully saturated rings. The molecule has 2 atom stereocenters. The molecule has 3 rings (SSSR count). The van der Waals surface area contributed by atoms with Gasteiger partial charge in [0.05, 0.1) is 10.5 Å². The summed E-state index contributed by atoms with van der Waals surface area (Å²) in [5, 5.41) is 14.4. The molecule has 2 saturated heterocycles. The molecule has 1 amide bonds. The van der Waals surface area contributed by atoms with Crippen LogP contribution in [0.4, 0.5) is 11.4 Å². The van der Waals surface area contributed by atoms with Crippen molar-refractivity contribution in [2.75, 3.05) is 18.8 Å². The average Bonchev–Trinajstić information content (AvgIpc) is 2.78. The van der Waals surface area contributed by atoms with Gasteiger partial charge in [-0.15, -0.1) is 0 Å². The molecule has 112 valence electrons. The van der Waals surface area contributed by atoms with Crippen molar-refractivity contribution in [3.8, 4) is 0 Å². The number of rotatable bonds is 2. The Labute approximate surface area is 122 Å². The second-order valence-electron chi connectivity index (χ2n) is 5.71. The predicted octanol–water partition coefficient (Wildman–Crippen LogP) is 1.14. The van der Waals surface area contributed by atoms with E-state index in [1.165, 1.54) is 18.2 Å². The highest BCUT2D eigenvalue weighted by molar-refractivity contribution is 5.99. The van der Waals surface area contributed by atoms with Crippen LogP contribution in [0, 0.1) is 10.1 Å². The van der Waals surface area contributed by atoms with Crippen molar-refractivity contribution in [2.24, 2.45) is 0 Å². The fourth-order valence-corrected chi connectivity index (χ4v) is 3.14. The van der Waals surface area contributed by atoms with E-state index in [4.69, 9.17) is 5.73 Å². The van der Waals surface area contributed by atoms with Crippen LogP contribution in [0.25, 0.3) is 0 Å². The Hall–Kier alpha value is -2.15. The Morgan fingerprint density at radius 1 is 1.33 bits per heavy atom. The summed E-state index contributed by atoms with van der Waals surface area (Å²) in [5.41, 5.74) is 6.23. The number of likely N-dealkylation sites (tertiary alicyclic amines) is 1. The number of hydrogen-bond acceptors (Lipinski definition) is 5. The van der Waals surface area contributed by atoms with E-state index in [0.717, 1.165) is 19.3 Å². The molecule has 1 aromatic carbocycles. The standard InChI is InChI=1S/C14H18N4O3/c15-13-4-3-11(18(20)21)7-12(13)14(19)17-6-5-9-1-2-10(8-17)16-9/h3-4,7,9-10,16H,1-2,5-6,8,15H2. The van der Waals surface area contributed by atoms with Crippen LogP contribution in [-0.2, 0) is 0 Å². The number of anilines is 1. The number of non-ortho nitro benzene ring substituents is 1. The second kappa shape index (κ2) is 5.33. The number of amides is 1. The molecule has 0 aromatic heterocycles. The average molecular weight is 290 g/mol.